The number of amides is 2. The molecule has 2 aromatic carbocycles. The molecule has 1 aliphatic heterocycles. The van der Waals surface area contributed by atoms with Gasteiger partial charge in [0.2, 0.25) is 23.5 Å². The standard InChI is InChI=1S/C24H26N4O3/c1-17(29)25-21-12-10-19(11-13-21)23-26-24(31-27-23)20-8-5-15-28(16-20)22(30)14-9-18-6-3-2-4-7-18/h2-4,6-7,10-13,20H,5,8-9,14-16H2,1H3,(H,25,29)/t20-/m1/s1. The van der Waals surface area contributed by atoms with E-state index in [1.165, 1.54) is 12.5 Å². The van der Waals surface area contributed by atoms with E-state index in [1.807, 2.05) is 35.2 Å². The van der Waals surface area contributed by atoms with Gasteiger partial charge in [0.1, 0.15) is 0 Å². The molecule has 160 valence electrons. The van der Waals surface area contributed by atoms with E-state index < -0.39 is 0 Å². The summed E-state index contributed by atoms with van der Waals surface area (Å²) in [5, 5.41) is 6.86. The molecule has 1 saturated heterocycles. The molecule has 1 aliphatic rings. The third-order valence-electron chi connectivity index (χ3n) is 5.50. The fraction of sp³-hybridized carbons (Fsp3) is 0.333. The van der Waals surface area contributed by atoms with E-state index in [-0.39, 0.29) is 17.7 Å². The van der Waals surface area contributed by atoms with Crippen molar-refractivity contribution in [2.75, 3.05) is 18.4 Å². The maximum absolute atomic E-state index is 12.7. The Morgan fingerprint density at radius 2 is 1.90 bits per heavy atom. The van der Waals surface area contributed by atoms with E-state index in [4.69, 9.17) is 4.52 Å². The average molecular weight is 418 g/mol. The predicted molar refractivity (Wildman–Crippen MR) is 117 cm³/mol. The van der Waals surface area contributed by atoms with Gasteiger partial charge >= 0.3 is 0 Å². The van der Waals surface area contributed by atoms with E-state index in [9.17, 15) is 9.59 Å². The summed E-state index contributed by atoms with van der Waals surface area (Å²) in [5.74, 6) is 1.18. The van der Waals surface area contributed by atoms with Crippen LogP contribution in [0.25, 0.3) is 11.4 Å². The van der Waals surface area contributed by atoms with Crippen molar-refractivity contribution in [3.8, 4) is 11.4 Å². The Hall–Kier alpha value is -3.48. The number of hydrogen-bond acceptors (Lipinski definition) is 5. The molecule has 0 aliphatic carbocycles. The zero-order chi connectivity index (χ0) is 21.6. The number of benzene rings is 2. The van der Waals surface area contributed by atoms with Crippen molar-refractivity contribution in [2.45, 2.75) is 38.5 Å². The van der Waals surface area contributed by atoms with Crippen LogP contribution in [0.5, 0.6) is 0 Å². The fourth-order valence-electron chi connectivity index (χ4n) is 3.88. The lowest BCUT2D eigenvalue weighted by Crippen LogP contribution is -2.39. The monoisotopic (exact) mass is 418 g/mol. The molecule has 0 radical (unpaired) electrons. The summed E-state index contributed by atoms with van der Waals surface area (Å²) in [5.41, 5.74) is 2.71. The average Bonchev–Trinajstić information content (AvgIpc) is 3.29. The molecule has 0 bridgehead atoms. The van der Waals surface area contributed by atoms with Crippen molar-refractivity contribution in [3.63, 3.8) is 0 Å². The van der Waals surface area contributed by atoms with E-state index in [2.05, 4.69) is 27.6 Å². The SMILES string of the molecule is CC(=O)Nc1ccc(-c2noc([C@@H]3CCCN(C(=O)CCc4ccccc4)C3)n2)cc1. The van der Waals surface area contributed by atoms with Crippen LogP contribution in [0.4, 0.5) is 5.69 Å². The molecule has 2 heterocycles. The number of aromatic nitrogens is 2. The molecular weight excluding hydrogens is 392 g/mol. The molecule has 1 aromatic heterocycles. The molecule has 3 aromatic rings. The molecule has 0 spiro atoms. The first-order valence-corrected chi connectivity index (χ1v) is 10.6. The minimum Gasteiger partial charge on any atom is -0.342 e. The molecule has 0 unspecified atom stereocenters. The van der Waals surface area contributed by atoms with Crippen molar-refractivity contribution in [1.29, 1.82) is 0 Å². The number of rotatable bonds is 6. The van der Waals surface area contributed by atoms with Gasteiger partial charge in [-0.05, 0) is 49.1 Å². The van der Waals surface area contributed by atoms with Crippen LogP contribution in [-0.2, 0) is 16.0 Å². The van der Waals surface area contributed by atoms with Crippen LogP contribution in [-0.4, -0.2) is 39.9 Å². The zero-order valence-electron chi connectivity index (χ0n) is 17.6. The number of anilines is 1. The third-order valence-corrected chi connectivity index (χ3v) is 5.50. The number of hydrogen-bond donors (Lipinski definition) is 1. The first-order valence-electron chi connectivity index (χ1n) is 10.6. The Morgan fingerprint density at radius 1 is 1.13 bits per heavy atom. The second-order valence-corrected chi connectivity index (χ2v) is 7.88. The Kier molecular flexibility index (Phi) is 6.40. The fourth-order valence-corrected chi connectivity index (χ4v) is 3.88. The summed E-state index contributed by atoms with van der Waals surface area (Å²) in [6.45, 7) is 2.85. The maximum Gasteiger partial charge on any atom is 0.231 e. The Bertz CT molecular complexity index is 1030. The highest BCUT2D eigenvalue weighted by Gasteiger charge is 2.28. The molecule has 2 amide bonds. The van der Waals surface area contributed by atoms with Crippen LogP contribution in [0.15, 0.2) is 59.1 Å². The van der Waals surface area contributed by atoms with E-state index in [0.29, 0.717) is 24.7 Å². The molecule has 4 rings (SSSR count). The minimum absolute atomic E-state index is 0.0503. The summed E-state index contributed by atoms with van der Waals surface area (Å²) in [7, 11) is 0. The van der Waals surface area contributed by atoms with Crippen molar-refractivity contribution < 1.29 is 14.1 Å². The highest BCUT2D eigenvalue weighted by atomic mass is 16.5. The number of carbonyl (C=O) groups excluding carboxylic acids is 2. The van der Waals surface area contributed by atoms with Crippen molar-refractivity contribution in [3.05, 3.63) is 66.1 Å². The van der Waals surface area contributed by atoms with Crippen molar-refractivity contribution in [1.82, 2.24) is 15.0 Å². The zero-order valence-corrected chi connectivity index (χ0v) is 17.6. The molecule has 0 saturated carbocycles. The number of piperidine rings is 1. The molecule has 7 nitrogen and oxygen atoms in total. The normalized spacial score (nSPS) is 16.2. The summed E-state index contributed by atoms with van der Waals surface area (Å²) in [4.78, 5) is 30.4. The summed E-state index contributed by atoms with van der Waals surface area (Å²) >= 11 is 0. The Balaban J connectivity index is 1.37. The van der Waals surface area contributed by atoms with Gasteiger partial charge in [0.15, 0.2) is 0 Å². The second-order valence-electron chi connectivity index (χ2n) is 7.88. The van der Waals surface area contributed by atoms with Gasteiger partial charge in [-0.15, -0.1) is 0 Å². The minimum atomic E-state index is -0.116. The molecule has 1 N–H and O–H groups in total. The molecule has 1 fully saturated rings. The van der Waals surface area contributed by atoms with Crippen LogP contribution in [0, 0.1) is 0 Å². The van der Waals surface area contributed by atoms with E-state index >= 15 is 0 Å². The largest absolute Gasteiger partial charge is 0.342 e. The van der Waals surface area contributed by atoms with Gasteiger partial charge in [0.25, 0.3) is 0 Å². The molecule has 1 atom stereocenters. The van der Waals surface area contributed by atoms with Crippen molar-refractivity contribution >= 4 is 17.5 Å². The van der Waals surface area contributed by atoms with Crippen LogP contribution < -0.4 is 5.32 Å². The van der Waals surface area contributed by atoms with Crippen molar-refractivity contribution in [2.24, 2.45) is 0 Å². The van der Waals surface area contributed by atoms with E-state index in [0.717, 1.165) is 37.1 Å². The predicted octanol–water partition coefficient (Wildman–Crippen LogP) is 4.03. The molecule has 7 heteroatoms. The Labute approximate surface area is 181 Å². The van der Waals surface area contributed by atoms with Gasteiger partial charge in [-0.2, -0.15) is 4.98 Å². The highest BCUT2D eigenvalue weighted by Crippen LogP contribution is 2.28. The lowest BCUT2D eigenvalue weighted by Gasteiger charge is -2.31. The lowest BCUT2D eigenvalue weighted by atomic mass is 9.97. The first kappa shape index (κ1) is 20.8. The third kappa shape index (κ3) is 5.36. The van der Waals surface area contributed by atoms with Crippen LogP contribution in [0.3, 0.4) is 0 Å². The number of nitrogens with one attached hydrogen (secondary N) is 1. The summed E-state index contributed by atoms with van der Waals surface area (Å²) in [6.07, 6.45) is 3.10. The number of nitrogens with zero attached hydrogens (tertiary/aromatic N) is 3. The smallest absolute Gasteiger partial charge is 0.231 e. The van der Waals surface area contributed by atoms with Gasteiger partial charge in [0.05, 0.1) is 5.92 Å². The molecular formula is C24H26N4O3. The highest BCUT2D eigenvalue weighted by molar-refractivity contribution is 5.88. The van der Waals surface area contributed by atoms with Gasteiger partial charge < -0.3 is 14.7 Å². The number of carbonyl (C=O) groups is 2. The second kappa shape index (κ2) is 9.55. The van der Waals surface area contributed by atoms with Gasteiger partial charge in [-0.1, -0.05) is 35.5 Å². The maximum atomic E-state index is 12.7. The van der Waals surface area contributed by atoms with Gasteiger partial charge in [0, 0.05) is 37.7 Å². The van der Waals surface area contributed by atoms with Gasteiger partial charge in [-0.25, -0.2) is 0 Å². The van der Waals surface area contributed by atoms with Crippen LogP contribution in [0.1, 0.15) is 43.6 Å². The first-order chi connectivity index (χ1) is 15.1. The Morgan fingerprint density at radius 3 is 2.65 bits per heavy atom. The number of likely N-dealkylation sites (tertiary alicyclic amines) is 1. The van der Waals surface area contributed by atoms with Gasteiger partial charge in [-0.3, -0.25) is 9.59 Å². The quantitative estimate of drug-likeness (QED) is 0.653. The summed E-state index contributed by atoms with van der Waals surface area (Å²) < 4.78 is 5.54. The number of aryl methyl sites for hydroxylation is 1. The lowest BCUT2D eigenvalue weighted by molar-refractivity contribution is -0.132. The molecule has 31 heavy (non-hydrogen) atoms. The van der Waals surface area contributed by atoms with Crippen LogP contribution in [0.2, 0.25) is 0 Å². The van der Waals surface area contributed by atoms with E-state index in [1.54, 1.807) is 12.1 Å². The summed E-state index contributed by atoms with van der Waals surface area (Å²) in [6, 6.07) is 17.4. The van der Waals surface area contributed by atoms with Crippen LogP contribution >= 0.6 is 0 Å². The topological polar surface area (TPSA) is 88.3 Å².